The fourth-order valence-corrected chi connectivity index (χ4v) is 1.73. The summed E-state index contributed by atoms with van der Waals surface area (Å²) in [5, 5.41) is 0. The summed E-state index contributed by atoms with van der Waals surface area (Å²) >= 11 is 1.82. The van der Waals surface area contributed by atoms with Crippen molar-refractivity contribution in [3.8, 4) is 5.75 Å². The lowest BCUT2D eigenvalue weighted by Gasteiger charge is -2.16. The number of halogens is 4. The Morgan fingerprint density at radius 2 is 1.87 bits per heavy atom. The van der Waals surface area contributed by atoms with E-state index in [-0.39, 0.29) is 5.75 Å². The molecule has 0 fully saturated rings. The first-order valence-corrected chi connectivity index (χ1v) is 5.24. The second-order valence-corrected chi connectivity index (χ2v) is 4.33. The van der Waals surface area contributed by atoms with E-state index in [1.807, 2.05) is 22.6 Å². The minimum absolute atomic E-state index is 0.120. The van der Waals surface area contributed by atoms with Crippen LogP contribution in [0, 0.1) is 9.49 Å². The quantitative estimate of drug-likeness (QED) is 0.741. The van der Waals surface area contributed by atoms with E-state index < -0.39 is 6.36 Å². The third kappa shape index (κ3) is 3.55. The van der Waals surface area contributed by atoms with Crippen molar-refractivity contribution >= 4 is 22.6 Å². The molecule has 1 aromatic rings. The van der Waals surface area contributed by atoms with Gasteiger partial charge < -0.3 is 4.74 Å². The predicted molar refractivity (Wildman–Crippen MR) is 59.5 cm³/mol. The number of ether oxygens (including phenoxy) is 1. The molecule has 0 bridgehead atoms. The second-order valence-electron chi connectivity index (χ2n) is 3.16. The first-order chi connectivity index (χ1) is 6.81. The van der Waals surface area contributed by atoms with Gasteiger partial charge in [0.1, 0.15) is 5.75 Å². The first kappa shape index (κ1) is 12.6. The van der Waals surface area contributed by atoms with E-state index in [1.54, 1.807) is 32.0 Å². The van der Waals surface area contributed by atoms with E-state index in [0.717, 1.165) is 5.92 Å². The SMILES string of the molecule is C[C](C)c1cccc(I)c1OC(F)(F)F. The van der Waals surface area contributed by atoms with Crippen molar-refractivity contribution in [3.05, 3.63) is 33.3 Å². The molecule has 0 unspecified atom stereocenters. The molecule has 15 heavy (non-hydrogen) atoms. The summed E-state index contributed by atoms with van der Waals surface area (Å²) in [5.41, 5.74) is 0.485. The highest BCUT2D eigenvalue weighted by molar-refractivity contribution is 14.1. The van der Waals surface area contributed by atoms with Gasteiger partial charge >= 0.3 is 6.36 Å². The summed E-state index contributed by atoms with van der Waals surface area (Å²) in [4.78, 5) is 0. The van der Waals surface area contributed by atoms with Crippen molar-refractivity contribution in [2.24, 2.45) is 0 Å². The molecule has 1 radical (unpaired) electrons. The fourth-order valence-electron chi connectivity index (χ4n) is 1.12. The zero-order valence-corrected chi connectivity index (χ0v) is 10.3. The number of alkyl halides is 3. The van der Waals surface area contributed by atoms with Crippen LogP contribution >= 0.6 is 22.6 Å². The largest absolute Gasteiger partial charge is 0.573 e. The number of para-hydroxylation sites is 1. The van der Waals surface area contributed by atoms with Gasteiger partial charge in [0, 0.05) is 11.5 Å². The molecule has 5 heteroatoms. The lowest BCUT2D eigenvalue weighted by molar-refractivity contribution is -0.275. The minimum atomic E-state index is -4.65. The molecule has 1 rings (SSSR count). The van der Waals surface area contributed by atoms with E-state index in [2.05, 4.69) is 4.74 Å². The molecule has 0 spiro atoms. The van der Waals surface area contributed by atoms with Crippen LogP contribution in [0.3, 0.4) is 0 Å². The van der Waals surface area contributed by atoms with Gasteiger partial charge in [0.2, 0.25) is 0 Å². The van der Waals surface area contributed by atoms with Crippen LogP contribution in [0.5, 0.6) is 5.75 Å². The van der Waals surface area contributed by atoms with E-state index in [1.165, 1.54) is 0 Å². The van der Waals surface area contributed by atoms with Crippen LogP contribution in [0.4, 0.5) is 13.2 Å². The van der Waals surface area contributed by atoms with Gasteiger partial charge in [-0.05, 0) is 28.7 Å². The Hall–Kier alpha value is -0.460. The molecule has 0 aliphatic carbocycles. The van der Waals surface area contributed by atoms with Crippen LogP contribution in [0.25, 0.3) is 0 Å². The highest BCUT2D eigenvalue weighted by Crippen LogP contribution is 2.34. The topological polar surface area (TPSA) is 9.23 Å². The molecule has 0 aliphatic heterocycles. The first-order valence-electron chi connectivity index (χ1n) is 4.16. The van der Waals surface area contributed by atoms with Crippen LogP contribution in [0.1, 0.15) is 19.4 Å². The Balaban J connectivity index is 3.14. The number of rotatable bonds is 2. The molecule has 0 atom stereocenters. The smallest absolute Gasteiger partial charge is 0.404 e. The Kier molecular flexibility index (Phi) is 3.86. The molecule has 1 nitrogen and oxygen atoms in total. The predicted octanol–water partition coefficient (Wildman–Crippen LogP) is 4.15. The summed E-state index contributed by atoms with van der Waals surface area (Å²) in [6.07, 6.45) is -4.65. The maximum atomic E-state index is 12.1. The third-order valence-electron chi connectivity index (χ3n) is 1.72. The summed E-state index contributed by atoms with van der Waals surface area (Å²) in [5.74, 6) is 0.665. The molecular weight excluding hydrogens is 320 g/mol. The van der Waals surface area contributed by atoms with E-state index in [9.17, 15) is 13.2 Å². The van der Waals surface area contributed by atoms with Crippen LogP contribution in [0.15, 0.2) is 18.2 Å². The van der Waals surface area contributed by atoms with Crippen LogP contribution in [-0.2, 0) is 0 Å². The van der Waals surface area contributed by atoms with Gasteiger partial charge in [-0.15, -0.1) is 13.2 Å². The van der Waals surface area contributed by atoms with Gasteiger partial charge in [0.25, 0.3) is 0 Å². The number of benzene rings is 1. The minimum Gasteiger partial charge on any atom is -0.404 e. The Morgan fingerprint density at radius 3 is 2.33 bits per heavy atom. The van der Waals surface area contributed by atoms with Crippen LogP contribution in [-0.4, -0.2) is 6.36 Å². The van der Waals surface area contributed by atoms with Gasteiger partial charge in [0.05, 0.1) is 3.57 Å². The number of hydrogen-bond acceptors (Lipinski definition) is 1. The lowest BCUT2D eigenvalue weighted by Crippen LogP contribution is -2.19. The molecular formula is C10H9F3IO. The van der Waals surface area contributed by atoms with Crippen molar-refractivity contribution < 1.29 is 17.9 Å². The number of hydrogen-bond donors (Lipinski definition) is 0. The maximum Gasteiger partial charge on any atom is 0.573 e. The zero-order chi connectivity index (χ0) is 11.6. The molecule has 0 aliphatic rings. The van der Waals surface area contributed by atoms with E-state index >= 15 is 0 Å². The highest BCUT2D eigenvalue weighted by Gasteiger charge is 2.33. The Morgan fingerprint density at radius 1 is 1.27 bits per heavy atom. The molecule has 1 aromatic carbocycles. The van der Waals surface area contributed by atoms with Gasteiger partial charge in [0.15, 0.2) is 0 Å². The van der Waals surface area contributed by atoms with E-state index in [4.69, 9.17) is 0 Å². The van der Waals surface area contributed by atoms with Gasteiger partial charge in [-0.25, -0.2) is 0 Å². The second kappa shape index (κ2) is 4.59. The van der Waals surface area contributed by atoms with Crippen molar-refractivity contribution in [2.45, 2.75) is 20.2 Å². The van der Waals surface area contributed by atoms with Gasteiger partial charge in [-0.3, -0.25) is 0 Å². The lowest BCUT2D eigenvalue weighted by atomic mass is 10.0. The van der Waals surface area contributed by atoms with Crippen molar-refractivity contribution in [3.63, 3.8) is 0 Å². The molecule has 0 aromatic heterocycles. The summed E-state index contributed by atoms with van der Waals surface area (Å²) in [7, 11) is 0. The molecule has 0 saturated heterocycles. The maximum absolute atomic E-state index is 12.1. The molecule has 0 heterocycles. The standard InChI is InChI=1S/C10H9F3IO/c1-6(2)7-4-3-5-8(14)9(7)15-10(11,12)13/h3-5H,1-2H3. The summed E-state index contributed by atoms with van der Waals surface area (Å²) < 4.78 is 40.8. The Labute approximate surface area is 99.8 Å². The molecule has 0 amide bonds. The highest BCUT2D eigenvalue weighted by atomic mass is 127. The van der Waals surface area contributed by atoms with Crippen LogP contribution < -0.4 is 4.74 Å². The normalized spacial score (nSPS) is 11.9. The summed E-state index contributed by atoms with van der Waals surface area (Å²) in [6, 6.07) is 4.89. The van der Waals surface area contributed by atoms with Crippen molar-refractivity contribution in [1.29, 1.82) is 0 Å². The molecule has 83 valence electrons. The third-order valence-corrected chi connectivity index (χ3v) is 2.57. The molecule has 0 saturated carbocycles. The zero-order valence-electron chi connectivity index (χ0n) is 8.15. The average molecular weight is 329 g/mol. The summed E-state index contributed by atoms with van der Waals surface area (Å²) in [6.45, 7) is 3.49. The fraction of sp³-hybridized carbons (Fsp3) is 0.300. The Bertz CT molecular complexity index is 347. The average Bonchev–Trinajstić information content (AvgIpc) is 2.05. The van der Waals surface area contributed by atoms with Crippen molar-refractivity contribution in [1.82, 2.24) is 0 Å². The molecule has 0 N–H and O–H groups in total. The monoisotopic (exact) mass is 329 g/mol. The van der Waals surface area contributed by atoms with Gasteiger partial charge in [-0.1, -0.05) is 26.0 Å². The van der Waals surface area contributed by atoms with Crippen LogP contribution in [0.2, 0.25) is 0 Å². The van der Waals surface area contributed by atoms with Crippen molar-refractivity contribution in [2.75, 3.05) is 0 Å². The van der Waals surface area contributed by atoms with E-state index in [0.29, 0.717) is 9.13 Å². The van der Waals surface area contributed by atoms with Gasteiger partial charge in [-0.2, -0.15) is 0 Å².